The summed E-state index contributed by atoms with van der Waals surface area (Å²) in [6.45, 7) is 0.418. The highest BCUT2D eigenvalue weighted by atomic mass is 16.5. The minimum atomic E-state index is -1.19. The molecule has 1 heterocycles. The zero-order valence-electron chi connectivity index (χ0n) is 13.0. The summed E-state index contributed by atoms with van der Waals surface area (Å²) in [5, 5.41) is 19.4. The molecule has 1 fully saturated rings. The number of benzene rings is 1. The first-order chi connectivity index (χ1) is 10.5. The van der Waals surface area contributed by atoms with E-state index in [1.807, 2.05) is 12.1 Å². The van der Waals surface area contributed by atoms with Gasteiger partial charge in [0.1, 0.15) is 5.60 Å². The van der Waals surface area contributed by atoms with Gasteiger partial charge in [-0.05, 0) is 18.9 Å². The lowest BCUT2D eigenvalue weighted by atomic mass is 9.93. The third-order valence-electron chi connectivity index (χ3n) is 4.03. The lowest BCUT2D eigenvalue weighted by Crippen LogP contribution is -2.52. The lowest BCUT2D eigenvalue weighted by Gasteiger charge is -2.38. The Balaban J connectivity index is 2.12. The Morgan fingerprint density at radius 3 is 2.77 bits per heavy atom. The maximum atomic E-state index is 12.5. The number of methoxy groups -OCH3 is 2. The van der Waals surface area contributed by atoms with Gasteiger partial charge in [0, 0.05) is 12.1 Å². The SMILES string of the molecule is COc1cccc(CC(=O)N2CCC[C@@](O)(CO)C2)c1OC. The zero-order valence-corrected chi connectivity index (χ0v) is 13.0. The highest BCUT2D eigenvalue weighted by molar-refractivity contribution is 5.80. The predicted molar refractivity (Wildman–Crippen MR) is 81.1 cm³/mol. The van der Waals surface area contributed by atoms with E-state index in [1.54, 1.807) is 18.1 Å². The zero-order chi connectivity index (χ0) is 16.2. The number of hydrogen-bond donors (Lipinski definition) is 2. The molecule has 0 unspecified atom stereocenters. The molecule has 1 atom stereocenters. The fourth-order valence-corrected chi connectivity index (χ4v) is 2.82. The summed E-state index contributed by atoms with van der Waals surface area (Å²) in [5.74, 6) is 1.03. The number of rotatable bonds is 5. The second kappa shape index (κ2) is 6.98. The Labute approximate surface area is 130 Å². The molecule has 0 aliphatic carbocycles. The van der Waals surface area contributed by atoms with Gasteiger partial charge in [0.2, 0.25) is 5.91 Å². The highest BCUT2D eigenvalue weighted by Crippen LogP contribution is 2.31. The average Bonchev–Trinajstić information content (AvgIpc) is 2.54. The van der Waals surface area contributed by atoms with E-state index in [9.17, 15) is 15.0 Å². The molecule has 1 aliphatic rings. The largest absolute Gasteiger partial charge is 0.493 e. The van der Waals surface area contributed by atoms with Crippen molar-refractivity contribution in [2.75, 3.05) is 33.9 Å². The molecule has 2 N–H and O–H groups in total. The quantitative estimate of drug-likeness (QED) is 0.832. The minimum absolute atomic E-state index is 0.0990. The Morgan fingerprint density at radius 1 is 1.36 bits per heavy atom. The van der Waals surface area contributed by atoms with Gasteiger partial charge in [-0.2, -0.15) is 0 Å². The number of likely N-dealkylation sites (tertiary alicyclic amines) is 1. The summed E-state index contributed by atoms with van der Waals surface area (Å²) >= 11 is 0. The fourth-order valence-electron chi connectivity index (χ4n) is 2.82. The molecule has 0 aromatic heterocycles. The van der Waals surface area contributed by atoms with E-state index in [2.05, 4.69) is 0 Å². The summed E-state index contributed by atoms with van der Waals surface area (Å²) < 4.78 is 10.6. The Morgan fingerprint density at radius 2 is 2.14 bits per heavy atom. The van der Waals surface area contributed by atoms with Crippen molar-refractivity contribution in [3.05, 3.63) is 23.8 Å². The number of carbonyl (C=O) groups excluding carboxylic acids is 1. The number of aliphatic hydroxyl groups is 2. The van der Waals surface area contributed by atoms with Crippen LogP contribution in [0.2, 0.25) is 0 Å². The Hall–Kier alpha value is -1.79. The van der Waals surface area contributed by atoms with Crippen LogP contribution in [-0.2, 0) is 11.2 Å². The standard InChI is InChI=1S/C16H23NO5/c1-21-13-6-3-5-12(15(13)22-2)9-14(19)17-8-4-7-16(20,10-17)11-18/h3,5-6,18,20H,4,7-11H2,1-2H3/t16-/m0/s1. The van der Waals surface area contributed by atoms with Crippen LogP contribution in [0.1, 0.15) is 18.4 Å². The first-order valence-electron chi connectivity index (χ1n) is 7.34. The van der Waals surface area contributed by atoms with Crippen molar-refractivity contribution in [1.29, 1.82) is 0 Å². The van der Waals surface area contributed by atoms with Crippen LogP contribution in [-0.4, -0.2) is 60.5 Å². The number of hydrogen-bond acceptors (Lipinski definition) is 5. The third-order valence-corrected chi connectivity index (χ3v) is 4.03. The first-order valence-corrected chi connectivity index (χ1v) is 7.34. The van der Waals surface area contributed by atoms with Crippen molar-refractivity contribution in [1.82, 2.24) is 4.90 Å². The molecule has 2 rings (SSSR count). The second-order valence-corrected chi connectivity index (χ2v) is 5.63. The van der Waals surface area contributed by atoms with E-state index < -0.39 is 5.60 Å². The molecular weight excluding hydrogens is 286 g/mol. The van der Waals surface area contributed by atoms with Crippen molar-refractivity contribution in [2.24, 2.45) is 0 Å². The van der Waals surface area contributed by atoms with Gasteiger partial charge in [0.05, 0.1) is 33.8 Å². The molecule has 0 spiro atoms. The number of amides is 1. The molecule has 6 nitrogen and oxygen atoms in total. The predicted octanol–water partition coefficient (Wildman–Crippen LogP) is 0.592. The van der Waals surface area contributed by atoms with Crippen molar-refractivity contribution in [3.8, 4) is 11.5 Å². The van der Waals surface area contributed by atoms with Crippen LogP contribution in [0.3, 0.4) is 0 Å². The number of aliphatic hydroxyl groups excluding tert-OH is 1. The highest BCUT2D eigenvalue weighted by Gasteiger charge is 2.34. The van der Waals surface area contributed by atoms with E-state index in [-0.39, 0.29) is 25.5 Å². The summed E-state index contributed by atoms with van der Waals surface area (Å²) in [6, 6.07) is 5.41. The van der Waals surface area contributed by atoms with Gasteiger partial charge in [0.25, 0.3) is 0 Å². The van der Waals surface area contributed by atoms with Gasteiger partial charge in [-0.25, -0.2) is 0 Å². The summed E-state index contributed by atoms with van der Waals surface area (Å²) in [5.41, 5.74) is -0.447. The number of para-hydroxylation sites is 1. The minimum Gasteiger partial charge on any atom is -0.493 e. The van der Waals surface area contributed by atoms with Crippen LogP contribution in [0.25, 0.3) is 0 Å². The molecule has 0 radical (unpaired) electrons. The van der Waals surface area contributed by atoms with Crippen LogP contribution in [0, 0.1) is 0 Å². The Bertz CT molecular complexity index is 533. The number of carbonyl (C=O) groups is 1. The van der Waals surface area contributed by atoms with Gasteiger partial charge in [0.15, 0.2) is 11.5 Å². The van der Waals surface area contributed by atoms with Crippen molar-refractivity contribution in [3.63, 3.8) is 0 Å². The summed E-state index contributed by atoms with van der Waals surface area (Å²) in [7, 11) is 3.09. The molecule has 1 aliphatic heterocycles. The Kier molecular flexibility index (Phi) is 5.26. The smallest absolute Gasteiger partial charge is 0.227 e. The van der Waals surface area contributed by atoms with E-state index >= 15 is 0 Å². The van der Waals surface area contributed by atoms with Gasteiger partial charge < -0.3 is 24.6 Å². The average molecular weight is 309 g/mol. The molecular formula is C16H23NO5. The monoisotopic (exact) mass is 309 g/mol. The molecule has 6 heteroatoms. The van der Waals surface area contributed by atoms with E-state index in [0.29, 0.717) is 30.9 Å². The first kappa shape index (κ1) is 16.6. The van der Waals surface area contributed by atoms with E-state index in [1.165, 1.54) is 7.11 Å². The molecule has 1 amide bonds. The maximum absolute atomic E-state index is 12.5. The van der Waals surface area contributed by atoms with Gasteiger partial charge in [-0.15, -0.1) is 0 Å². The van der Waals surface area contributed by atoms with Crippen LogP contribution >= 0.6 is 0 Å². The van der Waals surface area contributed by atoms with Crippen LogP contribution in [0.4, 0.5) is 0 Å². The van der Waals surface area contributed by atoms with Gasteiger partial charge in [-0.3, -0.25) is 4.79 Å². The van der Waals surface area contributed by atoms with Crippen LogP contribution < -0.4 is 9.47 Å². The molecule has 122 valence electrons. The molecule has 0 saturated carbocycles. The van der Waals surface area contributed by atoms with Crippen LogP contribution in [0.15, 0.2) is 18.2 Å². The second-order valence-electron chi connectivity index (χ2n) is 5.63. The van der Waals surface area contributed by atoms with E-state index in [0.717, 1.165) is 5.56 Å². The van der Waals surface area contributed by atoms with Gasteiger partial charge in [-0.1, -0.05) is 12.1 Å². The van der Waals surface area contributed by atoms with Crippen LogP contribution in [0.5, 0.6) is 11.5 Å². The lowest BCUT2D eigenvalue weighted by molar-refractivity contribution is -0.140. The third kappa shape index (κ3) is 3.51. The molecule has 22 heavy (non-hydrogen) atoms. The number of β-amino-alcohol motifs (C(OH)–C–C–N with tert-alkyl or cyclic N) is 1. The maximum Gasteiger partial charge on any atom is 0.227 e. The van der Waals surface area contributed by atoms with Crippen molar-refractivity contribution < 1.29 is 24.5 Å². The van der Waals surface area contributed by atoms with Crippen molar-refractivity contribution in [2.45, 2.75) is 24.9 Å². The molecule has 0 bridgehead atoms. The summed E-state index contributed by atoms with van der Waals surface area (Å²) in [6.07, 6.45) is 1.36. The molecule has 1 aromatic carbocycles. The number of piperidine rings is 1. The molecule has 1 saturated heterocycles. The molecule has 1 aromatic rings. The van der Waals surface area contributed by atoms with E-state index in [4.69, 9.17) is 9.47 Å². The van der Waals surface area contributed by atoms with Crippen molar-refractivity contribution >= 4 is 5.91 Å². The number of nitrogens with zero attached hydrogens (tertiary/aromatic N) is 1. The topological polar surface area (TPSA) is 79.2 Å². The summed E-state index contributed by atoms with van der Waals surface area (Å²) in [4.78, 5) is 14.1. The fraction of sp³-hybridized carbons (Fsp3) is 0.562. The number of ether oxygens (including phenoxy) is 2. The normalized spacial score (nSPS) is 21.5. The van der Waals surface area contributed by atoms with Gasteiger partial charge >= 0.3 is 0 Å².